The third-order valence-electron chi connectivity index (χ3n) is 2.64. The largest absolute Gasteiger partial charge is 0.478 e. The number of ether oxygens (including phenoxy) is 1. The maximum Gasteiger partial charge on any atom is 0.364 e. The van der Waals surface area contributed by atoms with E-state index in [4.69, 9.17) is 9.84 Å². The lowest BCUT2D eigenvalue weighted by Crippen LogP contribution is -2.12. The predicted octanol–water partition coefficient (Wildman–Crippen LogP) is 1.05. The first-order chi connectivity index (χ1) is 10.0. The molecule has 3 rings (SSSR count). The highest BCUT2D eigenvalue weighted by Crippen LogP contribution is 2.24. The number of fused-ring (bicyclic) bond motifs is 1. The van der Waals surface area contributed by atoms with Crippen molar-refractivity contribution in [1.29, 1.82) is 0 Å². The normalized spacial score (nSPS) is 10.7. The van der Waals surface area contributed by atoms with Crippen molar-refractivity contribution in [2.75, 3.05) is 0 Å². The Morgan fingerprint density at radius 1 is 1.33 bits per heavy atom. The van der Waals surface area contributed by atoms with Crippen LogP contribution in [0.1, 0.15) is 10.4 Å². The molecule has 0 amide bonds. The number of hydrogen-bond acceptors (Lipinski definition) is 5. The van der Waals surface area contributed by atoms with E-state index in [9.17, 15) is 14.0 Å². The summed E-state index contributed by atoms with van der Waals surface area (Å²) in [5, 5.41) is 18.8. The van der Waals surface area contributed by atoms with Gasteiger partial charge in [-0.3, -0.25) is 0 Å². The summed E-state index contributed by atoms with van der Waals surface area (Å²) in [4.78, 5) is 22.4. The second-order valence-corrected chi connectivity index (χ2v) is 4.02. The lowest BCUT2D eigenvalue weighted by Gasteiger charge is -2.07. The van der Waals surface area contributed by atoms with E-state index in [2.05, 4.69) is 15.3 Å². The zero-order valence-electron chi connectivity index (χ0n) is 10.3. The second-order valence-electron chi connectivity index (χ2n) is 4.02. The Hall–Kier alpha value is -3.23. The average Bonchev–Trinajstić information content (AvgIpc) is 2.82. The fourth-order valence-electron chi connectivity index (χ4n) is 1.71. The number of carboxylic acids is 1. The van der Waals surface area contributed by atoms with Crippen LogP contribution in [0.2, 0.25) is 0 Å². The van der Waals surface area contributed by atoms with Crippen LogP contribution in [0.4, 0.5) is 4.39 Å². The molecule has 0 saturated heterocycles. The Bertz CT molecular complexity index is 902. The molecule has 2 heterocycles. The van der Waals surface area contributed by atoms with Gasteiger partial charge in [0.15, 0.2) is 5.65 Å². The fourth-order valence-corrected chi connectivity index (χ4v) is 1.71. The van der Waals surface area contributed by atoms with Crippen molar-refractivity contribution in [2.24, 2.45) is 0 Å². The van der Waals surface area contributed by atoms with Crippen LogP contribution in [0.25, 0.3) is 5.65 Å². The molecule has 9 heteroatoms. The smallest absolute Gasteiger partial charge is 0.364 e. The predicted molar refractivity (Wildman–Crippen MR) is 67.0 cm³/mol. The van der Waals surface area contributed by atoms with Crippen LogP contribution >= 0.6 is 0 Å². The molecule has 8 nitrogen and oxygen atoms in total. The molecule has 21 heavy (non-hydrogen) atoms. The van der Waals surface area contributed by atoms with Crippen LogP contribution in [-0.4, -0.2) is 30.9 Å². The number of aromatic carboxylic acids is 1. The molecule has 0 radical (unpaired) electrons. The molecule has 0 saturated carbocycles. The van der Waals surface area contributed by atoms with Gasteiger partial charge in [-0.2, -0.15) is 9.61 Å². The van der Waals surface area contributed by atoms with E-state index in [0.29, 0.717) is 0 Å². The van der Waals surface area contributed by atoms with E-state index in [1.807, 2.05) is 0 Å². The number of halogens is 1. The summed E-state index contributed by atoms with van der Waals surface area (Å²) < 4.78 is 19.3. The van der Waals surface area contributed by atoms with Crippen molar-refractivity contribution in [1.82, 2.24) is 19.8 Å². The standard InChI is InChI=1S/C12H7FN4O4/c13-6-1-2-8(7(5-6)11(18)19)21-10-4-3-9-14-15-12(20)17(9)16-10/h1-5H,(H,15,20)(H,18,19). The molecular formula is C12H7FN4O4. The van der Waals surface area contributed by atoms with Gasteiger partial charge in [0.2, 0.25) is 5.88 Å². The molecule has 0 atom stereocenters. The van der Waals surface area contributed by atoms with Crippen molar-refractivity contribution in [3.05, 3.63) is 52.2 Å². The molecule has 0 spiro atoms. The Kier molecular flexibility index (Phi) is 2.87. The van der Waals surface area contributed by atoms with Crippen LogP contribution in [0, 0.1) is 5.82 Å². The Labute approximate surface area is 115 Å². The number of nitrogens with zero attached hydrogens (tertiary/aromatic N) is 3. The fraction of sp³-hybridized carbons (Fsp3) is 0. The number of hydrogen-bond donors (Lipinski definition) is 2. The first-order valence-electron chi connectivity index (χ1n) is 5.70. The lowest BCUT2D eigenvalue weighted by atomic mass is 10.2. The summed E-state index contributed by atoms with van der Waals surface area (Å²) in [6.45, 7) is 0. The van der Waals surface area contributed by atoms with E-state index in [0.717, 1.165) is 16.6 Å². The minimum Gasteiger partial charge on any atom is -0.478 e. The molecule has 3 aromatic rings. The molecule has 0 fully saturated rings. The van der Waals surface area contributed by atoms with Gasteiger partial charge in [0.05, 0.1) is 0 Å². The number of rotatable bonds is 3. The number of carbonyl (C=O) groups is 1. The van der Waals surface area contributed by atoms with Gasteiger partial charge in [-0.05, 0) is 24.3 Å². The van der Waals surface area contributed by atoms with Crippen molar-refractivity contribution in [2.45, 2.75) is 0 Å². The highest BCUT2D eigenvalue weighted by atomic mass is 19.1. The van der Waals surface area contributed by atoms with Crippen LogP contribution in [0.3, 0.4) is 0 Å². The van der Waals surface area contributed by atoms with Crippen molar-refractivity contribution in [3.63, 3.8) is 0 Å². The summed E-state index contributed by atoms with van der Waals surface area (Å²) >= 11 is 0. The van der Waals surface area contributed by atoms with Crippen molar-refractivity contribution < 1.29 is 19.0 Å². The minimum absolute atomic E-state index is 0.0277. The molecule has 0 unspecified atom stereocenters. The molecule has 106 valence electrons. The molecule has 2 aromatic heterocycles. The second kappa shape index (κ2) is 4.71. The van der Waals surface area contributed by atoms with Gasteiger partial charge < -0.3 is 9.84 Å². The third-order valence-corrected chi connectivity index (χ3v) is 2.64. The molecular weight excluding hydrogens is 283 g/mol. The maximum atomic E-state index is 13.1. The van der Waals surface area contributed by atoms with Crippen LogP contribution < -0.4 is 10.4 Å². The molecule has 0 bridgehead atoms. The highest BCUT2D eigenvalue weighted by Gasteiger charge is 2.14. The summed E-state index contributed by atoms with van der Waals surface area (Å²) in [6, 6.07) is 5.93. The zero-order valence-corrected chi connectivity index (χ0v) is 10.3. The monoisotopic (exact) mass is 290 g/mol. The van der Waals surface area contributed by atoms with Crippen LogP contribution in [0.15, 0.2) is 35.1 Å². The first kappa shape index (κ1) is 12.8. The van der Waals surface area contributed by atoms with Crippen molar-refractivity contribution in [3.8, 4) is 11.6 Å². The van der Waals surface area contributed by atoms with E-state index < -0.39 is 17.5 Å². The van der Waals surface area contributed by atoms with Crippen molar-refractivity contribution >= 4 is 11.6 Å². The summed E-state index contributed by atoms with van der Waals surface area (Å²) in [5.74, 6) is -2.16. The SMILES string of the molecule is O=C(O)c1cc(F)ccc1Oc1ccc2n[nH]c(=O)n2n1. The maximum absolute atomic E-state index is 13.1. The number of benzene rings is 1. The molecule has 0 aliphatic carbocycles. The minimum atomic E-state index is -1.34. The van der Waals surface area contributed by atoms with E-state index >= 15 is 0 Å². The quantitative estimate of drug-likeness (QED) is 0.746. The Balaban J connectivity index is 2.04. The van der Waals surface area contributed by atoms with E-state index in [1.54, 1.807) is 0 Å². The molecule has 0 aliphatic rings. The molecule has 2 N–H and O–H groups in total. The number of H-pyrrole nitrogens is 1. The number of aromatic amines is 1. The number of aromatic nitrogens is 4. The van der Waals surface area contributed by atoms with Gasteiger partial charge in [-0.15, -0.1) is 5.10 Å². The van der Waals surface area contributed by atoms with Gasteiger partial charge in [-0.25, -0.2) is 19.1 Å². The van der Waals surface area contributed by atoms with Gasteiger partial charge >= 0.3 is 11.7 Å². The van der Waals surface area contributed by atoms with Gasteiger partial charge in [0.25, 0.3) is 0 Å². The summed E-state index contributed by atoms with van der Waals surface area (Å²) in [5.41, 5.74) is -0.630. The first-order valence-corrected chi connectivity index (χ1v) is 5.70. The lowest BCUT2D eigenvalue weighted by molar-refractivity contribution is 0.0693. The third kappa shape index (κ3) is 2.31. The van der Waals surface area contributed by atoms with Crippen LogP contribution in [-0.2, 0) is 0 Å². The summed E-state index contributed by atoms with van der Waals surface area (Å²) in [6.07, 6.45) is 0. The number of nitrogens with one attached hydrogen (secondary N) is 1. The topological polar surface area (TPSA) is 110 Å². The summed E-state index contributed by atoms with van der Waals surface area (Å²) in [7, 11) is 0. The Morgan fingerprint density at radius 2 is 2.14 bits per heavy atom. The average molecular weight is 290 g/mol. The Morgan fingerprint density at radius 3 is 2.90 bits per heavy atom. The van der Waals surface area contributed by atoms with E-state index in [-0.39, 0.29) is 22.8 Å². The molecule has 1 aromatic carbocycles. The van der Waals surface area contributed by atoms with Gasteiger partial charge in [0.1, 0.15) is 17.1 Å². The van der Waals surface area contributed by atoms with E-state index in [1.165, 1.54) is 18.2 Å². The molecule has 0 aliphatic heterocycles. The van der Waals surface area contributed by atoms with Gasteiger partial charge in [-0.1, -0.05) is 0 Å². The van der Waals surface area contributed by atoms with Gasteiger partial charge in [0, 0.05) is 6.07 Å². The zero-order chi connectivity index (χ0) is 15.0. The highest BCUT2D eigenvalue weighted by molar-refractivity contribution is 5.90. The van der Waals surface area contributed by atoms with Crippen LogP contribution in [0.5, 0.6) is 11.6 Å². The number of carboxylic acid groups (broad SMARTS) is 1.